The van der Waals surface area contributed by atoms with E-state index in [-0.39, 0.29) is 26.2 Å². The molecule has 2 aromatic carbocycles. The van der Waals surface area contributed by atoms with Crippen LogP contribution < -0.4 is 0 Å². The van der Waals surface area contributed by atoms with Crippen LogP contribution in [0.25, 0.3) is 10.6 Å². The fraction of sp³-hybridized carbons (Fsp3) is 0.0769. The molecule has 2 saturated carbocycles. The number of hydrogen-bond donors (Lipinski definition) is 0. The van der Waals surface area contributed by atoms with Gasteiger partial charge in [0.05, 0.1) is 0 Å². The van der Waals surface area contributed by atoms with Gasteiger partial charge in [-0.15, -0.1) is 11.4 Å². The number of nitrogens with zero attached hydrogens (tertiary/aromatic N) is 2. The van der Waals surface area contributed by atoms with Crippen LogP contribution in [0, 0.1) is 78.1 Å². The Hall–Kier alpha value is -1.34. The first kappa shape index (κ1) is 25.7. The largest absolute Gasteiger partial charge is 4.00 e. The summed E-state index contributed by atoms with van der Waals surface area (Å²) in [6, 6.07) is 16.1. The van der Waals surface area contributed by atoms with E-state index in [1.165, 1.54) is 11.1 Å². The summed E-state index contributed by atoms with van der Waals surface area (Å²) in [7, 11) is 0. The molecule has 2 fully saturated rings. The van der Waals surface area contributed by atoms with Gasteiger partial charge in [0.15, 0.2) is 0 Å². The molecule has 0 heterocycles. The Morgan fingerprint density at radius 1 is 0.448 bits per heavy atom. The van der Waals surface area contributed by atoms with Crippen molar-refractivity contribution < 1.29 is 26.2 Å². The van der Waals surface area contributed by atoms with Crippen LogP contribution in [0.1, 0.15) is 11.1 Å². The first-order chi connectivity index (χ1) is 13.7. The van der Waals surface area contributed by atoms with E-state index in [1.54, 1.807) is 12.4 Å². The zero-order valence-electron chi connectivity index (χ0n) is 16.9. The smallest absolute Gasteiger partial charge is 0.666 e. The third-order valence-corrected chi connectivity index (χ3v) is 3.69. The maximum absolute atomic E-state index is 4.31. The summed E-state index contributed by atoms with van der Waals surface area (Å²) in [5, 5.41) is 8.61. The van der Waals surface area contributed by atoms with Crippen molar-refractivity contribution in [3.63, 3.8) is 0 Å². The Morgan fingerprint density at radius 2 is 0.690 bits per heavy atom. The summed E-state index contributed by atoms with van der Waals surface area (Å²) in [6.45, 7) is 4.12. The zero-order chi connectivity index (χ0) is 19.9. The van der Waals surface area contributed by atoms with Crippen LogP contribution in [0.2, 0.25) is 0 Å². The van der Waals surface area contributed by atoms with Crippen molar-refractivity contribution in [2.24, 2.45) is 0 Å². The van der Waals surface area contributed by atoms with Crippen LogP contribution >= 0.6 is 0 Å². The summed E-state index contributed by atoms with van der Waals surface area (Å²) in [4.78, 5) is 0. The molecule has 0 unspecified atom stereocenters. The topological polar surface area (TPSA) is 28.2 Å². The van der Waals surface area contributed by atoms with Gasteiger partial charge in [0, 0.05) is 0 Å². The molecule has 142 valence electrons. The van der Waals surface area contributed by atoms with E-state index in [2.05, 4.69) is 24.5 Å². The van der Waals surface area contributed by atoms with Crippen molar-refractivity contribution in [2.45, 2.75) is 13.8 Å². The Morgan fingerprint density at radius 3 is 0.931 bits per heavy atom. The molecule has 2 nitrogen and oxygen atoms in total. The first-order valence-electron chi connectivity index (χ1n) is 9.27. The van der Waals surface area contributed by atoms with E-state index in [1.807, 2.05) is 113 Å². The standard InChI is InChI=1S/C16H16N2.2C5H5.Zr/c1-13-3-7-15(8-4-13)17-11-12-18-16-9-5-14(2)6-10-16;2*1-2-4-5-3-1;/h3-12H,1-2H3;2*1-5H;/q-2;;;+4/b12-11-;;;. The number of aryl methyl sites for hydroxylation is 2. The third kappa shape index (κ3) is 12.8. The van der Waals surface area contributed by atoms with Crippen molar-refractivity contribution in [1.82, 2.24) is 0 Å². The molecule has 0 aromatic heterocycles. The van der Waals surface area contributed by atoms with E-state index < -0.39 is 0 Å². The third-order valence-electron chi connectivity index (χ3n) is 3.69. The van der Waals surface area contributed by atoms with Crippen LogP contribution in [0.4, 0.5) is 11.4 Å². The Labute approximate surface area is 197 Å². The van der Waals surface area contributed by atoms with Crippen molar-refractivity contribution in [3.05, 3.63) is 147 Å². The van der Waals surface area contributed by atoms with Gasteiger partial charge < -0.3 is 10.6 Å². The first-order valence-corrected chi connectivity index (χ1v) is 9.27. The molecule has 0 saturated heterocycles. The molecule has 0 bridgehead atoms. The van der Waals surface area contributed by atoms with E-state index in [4.69, 9.17) is 0 Å². The molecule has 0 aliphatic heterocycles. The summed E-state index contributed by atoms with van der Waals surface area (Å²) in [6.07, 6.45) is 23.4. The molecule has 4 rings (SSSR count). The van der Waals surface area contributed by atoms with Gasteiger partial charge in [0.25, 0.3) is 0 Å². The van der Waals surface area contributed by atoms with Crippen molar-refractivity contribution in [2.75, 3.05) is 0 Å². The minimum absolute atomic E-state index is 0. The molecule has 29 heavy (non-hydrogen) atoms. The predicted octanol–water partition coefficient (Wildman–Crippen LogP) is 7.53. The van der Waals surface area contributed by atoms with E-state index in [0.29, 0.717) is 0 Å². The fourth-order valence-corrected chi connectivity index (χ4v) is 2.14. The molecule has 0 atom stereocenters. The molecule has 0 amide bonds. The van der Waals surface area contributed by atoms with Gasteiger partial charge in [0.2, 0.25) is 0 Å². The molecule has 0 spiro atoms. The van der Waals surface area contributed by atoms with Crippen LogP contribution in [0.5, 0.6) is 0 Å². The predicted molar refractivity (Wildman–Crippen MR) is 121 cm³/mol. The van der Waals surface area contributed by atoms with Crippen LogP contribution in [0.3, 0.4) is 0 Å². The summed E-state index contributed by atoms with van der Waals surface area (Å²) in [5.74, 6) is 0. The second-order valence-electron chi connectivity index (χ2n) is 6.15. The molecule has 2 aromatic rings. The van der Waals surface area contributed by atoms with Gasteiger partial charge in [-0.05, 0) is 78.1 Å². The summed E-state index contributed by atoms with van der Waals surface area (Å²) >= 11 is 0. The normalized spacial score (nSPS) is 14.8. The Balaban J connectivity index is 0.000000311. The minimum atomic E-state index is 0. The van der Waals surface area contributed by atoms with Gasteiger partial charge in [0.1, 0.15) is 0 Å². The summed E-state index contributed by atoms with van der Waals surface area (Å²) < 4.78 is 0. The van der Waals surface area contributed by atoms with Crippen LogP contribution in [-0.2, 0) is 26.2 Å². The Bertz CT molecular complexity index is 579. The molecule has 10 radical (unpaired) electrons. The molecular formula is C26H26N2Zr+2. The fourth-order valence-electron chi connectivity index (χ4n) is 2.14. The molecule has 2 aliphatic rings. The minimum Gasteiger partial charge on any atom is -0.666 e. The average molecular weight is 458 g/mol. The number of benzene rings is 2. The van der Waals surface area contributed by atoms with Crippen molar-refractivity contribution in [1.29, 1.82) is 0 Å². The van der Waals surface area contributed by atoms with Crippen molar-refractivity contribution in [3.8, 4) is 0 Å². The maximum Gasteiger partial charge on any atom is 4.00 e. The Kier molecular flexibility index (Phi) is 14.6. The molecule has 3 heteroatoms. The summed E-state index contributed by atoms with van der Waals surface area (Å²) in [5.41, 5.74) is 4.36. The molecular weight excluding hydrogens is 432 g/mol. The second-order valence-corrected chi connectivity index (χ2v) is 6.15. The maximum atomic E-state index is 4.31. The van der Waals surface area contributed by atoms with E-state index in [0.717, 1.165) is 11.4 Å². The van der Waals surface area contributed by atoms with Gasteiger partial charge in [-0.25, -0.2) is 0 Å². The molecule has 2 aliphatic carbocycles. The van der Waals surface area contributed by atoms with Crippen molar-refractivity contribution >= 4 is 11.4 Å². The van der Waals surface area contributed by atoms with E-state index >= 15 is 0 Å². The second kappa shape index (κ2) is 16.5. The molecule has 0 N–H and O–H groups in total. The number of hydrogen-bond acceptors (Lipinski definition) is 0. The van der Waals surface area contributed by atoms with Crippen LogP contribution in [-0.4, -0.2) is 0 Å². The van der Waals surface area contributed by atoms with Gasteiger partial charge >= 0.3 is 26.2 Å². The monoisotopic (exact) mass is 456 g/mol. The average Bonchev–Trinajstić information content (AvgIpc) is 3.46. The zero-order valence-corrected chi connectivity index (χ0v) is 19.4. The van der Waals surface area contributed by atoms with Crippen LogP contribution in [0.15, 0.2) is 60.9 Å². The number of rotatable bonds is 4. The quantitative estimate of drug-likeness (QED) is 0.454. The van der Waals surface area contributed by atoms with E-state index in [9.17, 15) is 0 Å². The SMILES string of the molecule is Cc1ccc([N-]/C=C\[N-]c2ccc(C)cc2)cc1.[CH]1[CH][CH][CH][CH]1.[CH]1[CH][CH][CH][CH]1.[Zr+4]. The van der Waals surface area contributed by atoms with Gasteiger partial charge in [-0.2, -0.15) is 12.4 Å². The van der Waals surface area contributed by atoms with Gasteiger partial charge in [-0.3, -0.25) is 0 Å². The van der Waals surface area contributed by atoms with Gasteiger partial charge in [-0.1, -0.05) is 59.7 Å².